The highest BCUT2D eigenvalue weighted by Crippen LogP contribution is 2.21. The number of carbonyl (C=O) groups is 1. The highest BCUT2D eigenvalue weighted by atomic mass is 16.5. The molecule has 0 spiro atoms. The average Bonchev–Trinajstić information content (AvgIpc) is 2.54. The lowest BCUT2D eigenvalue weighted by atomic mass is 10.0. The molecular weight excluding hydrogens is 266 g/mol. The van der Waals surface area contributed by atoms with Crippen LogP contribution in [0.2, 0.25) is 0 Å². The Labute approximate surface area is 126 Å². The zero-order chi connectivity index (χ0) is 15.5. The second-order valence-electron chi connectivity index (χ2n) is 5.85. The maximum atomic E-state index is 12.4. The first-order valence-corrected chi connectivity index (χ1v) is 7.35. The topological polar surface area (TPSA) is 44.8 Å². The van der Waals surface area contributed by atoms with Crippen LogP contribution in [0, 0.1) is 0 Å². The Morgan fingerprint density at radius 2 is 1.71 bits per heavy atom. The van der Waals surface area contributed by atoms with Crippen molar-refractivity contribution in [3.05, 3.63) is 24.3 Å². The van der Waals surface area contributed by atoms with Crippen LogP contribution in [0.5, 0.6) is 5.75 Å². The molecule has 1 fully saturated rings. The van der Waals surface area contributed by atoms with Crippen LogP contribution in [-0.2, 0) is 4.79 Å². The van der Waals surface area contributed by atoms with Crippen LogP contribution in [0.3, 0.4) is 0 Å². The molecule has 5 nitrogen and oxygen atoms in total. The molecule has 1 N–H and O–H groups in total. The molecular formula is C16H25N3O2. The van der Waals surface area contributed by atoms with Crippen LogP contribution in [0.1, 0.15) is 13.8 Å². The maximum Gasteiger partial charge on any atom is 0.242 e. The summed E-state index contributed by atoms with van der Waals surface area (Å²) in [6.45, 7) is 7.08. The monoisotopic (exact) mass is 291 g/mol. The molecule has 0 radical (unpaired) electrons. The summed E-state index contributed by atoms with van der Waals surface area (Å²) in [5.74, 6) is 1.03. The Kier molecular flexibility index (Phi) is 4.73. The number of likely N-dealkylation sites (N-methyl/N-ethyl adjacent to an activating group) is 1. The van der Waals surface area contributed by atoms with Crippen molar-refractivity contribution in [2.45, 2.75) is 19.4 Å². The fourth-order valence-electron chi connectivity index (χ4n) is 2.46. The van der Waals surface area contributed by atoms with Gasteiger partial charge in [0.05, 0.1) is 12.6 Å². The number of carbonyl (C=O) groups excluding carboxylic acids is 1. The van der Waals surface area contributed by atoms with Crippen molar-refractivity contribution >= 4 is 11.6 Å². The number of amides is 1. The van der Waals surface area contributed by atoms with Crippen LogP contribution < -0.4 is 15.0 Å². The molecule has 1 aromatic carbocycles. The summed E-state index contributed by atoms with van der Waals surface area (Å²) >= 11 is 0. The van der Waals surface area contributed by atoms with E-state index in [1.165, 1.54) is 5.69 Å². The van der Waals surface area contributed by atoms with Gasteiger partial charge in [0.25, 0.3) is 0 Å². The molecule has 1 amide bonds. The van der Waals surface area contributed by atoms with Gasteiger partial charge < -0.3 is 19.9 Å². The van der Waals surface area contributed by atoms with Crippen LogP contribution in [0.15, 0.2) is 24.3 Å². The summed E-state index contributed by atoms with van der Waals surface area (Å²) in [6, 6.07) is 8.07. The number of nitrogens with zero attached hydrogens (tertiary/aromatic N) is 2. The first kappa shape index (κ1) is 15.6. The Morgan fingerprint density at radius 3 is 2.19 bits per heavy atom. The zero-order valence-electron chi connectivity index (χ0n) is 13.3. The summed E-state index contributed by atoms with van der Waals surface area (Å²) in [7, 11) is 3.49. The molecule has 1 aliphatic rings. The summed E-state index contributed by atoms with van der Waals surface area (Å²) in [4.78, 5) is 16.6. The second kappa shape index (κ2) is 6.35. The number of benzene rings is 1. The van der Waals surface area contributed by atoms with Crippen molar-refractivity contribution < 1.29 is 9.53 Å². The Bertz CT molecular complexity index is 477. The number of nitrogens with one attached hydrogen (secondary N) is 1. The largest absolute Gasteiger partial charge is 0.497 e. The van der Waals surface area contributed by atoms with E-state index >= 15 is 0 Å². The molecule has 0 unspecified atom stereocenters. The van der Waals surface area contributed by atoms with Gasteiger partial charge in [-0.3, -0.25) is 4.79 Å². The lowest BCUT2D eigenvalue weighted by Crippen LogP contribution is -2.58. The summed E-state index contributed by atoms with van der Waals surface area (Å²) in [6.07, 6.45) is 0. The van der Waals surface area contributed by atoms with Gasteiger partial charge in [0.15, 0.2) is 0 Å². The van der Waals surface area contributed by atoms with Crippen LogP contribution in [0.25, 0.3) is 0 Å². The predicted octanol–water partition coefficient (Wildman–Crippen LogP) is 1.34. The van der Waals surface area contributed by atoms with Crippen molar-refractivity contribution in [3.8, 4) is 5.75 Å². The number of methoxy groups -OCH3 is 1. The fourth-order valence-corrected chi connectivity index (χ4v) is 2.46. The van der Waals surface area contributed by atoms with Gasteiger partial charge >= 0.3 is 0 Å². The van der Waals surface area contributed by atoms with Gasteiger partial charge in [0, 0.05) is 31.9 Å². The van der Waals surface area contributed by atoms with E-state index in [-0.39, 0.29) is 5.91 Å². The highest BCUT2D eigenvalue weighted by Gasteiger charge is 2.32. The number of piperazine rings is 1. The number of anilines is 1. The molecule has 116 valence electrons. The summed E-state index contributed by atoms with van der Waals surface area (Å²) in [5, 5.41) is 3.08. The van der Waals surface area contributed by atoms with Crippen molar-refractivity contribution in [2.75, 3.05) is 45.2 Å². The third kappa shape index (κ3) is 3.47. The molecule has 1 heterocycles. The number of hydrogen-bond acceptors (Lipinski definition) is 4. The van der Waals surface area contributed by atoms with E-state index < -0.39 is 5.54 Å². The molecule has 2 rings (SSSR count). The van der Waals surface area contributed by atoms with Crippen LogP contribution in [-0.4, -0.2) is 56.7 Å². The lowest BCUT2D eigenvalue weighted by molar-refractivity contribution is -0.137. The third-order valence-corrected chi connectivity index (χ3v) is 4.16. The second-order valence-corrected chi connectivity index (χ2v) is 5.85. The van der Waals surface area contributed by atoms with Gasteiger partial charge in [-0.15, -0.1) is 0 Å². The summed E-state index contributed by atoms with van der Waals surface area (Å²) < 4.78 is 5.18. The quantitative estimate of drug-likeness (QED) is 0.909. The Hall–Kier alpha value is -1.75. The van der Waals surface area contributed by atoms with Gasteiger partial charge in [-0.1, -0.05) is 0 Å². The van der Waals surface area contributed by atoms with Crippen molar-refractivity contribution in [3.63, 3.8) is 0 Å². The molecule has 1 saturated heterocycles. The summed E-state index contributed by atoms with van der Waals surface area (Å²) in [5.41, 5.74) is 0.679. The Morgan fingerprint density at radius 1 is 1.14 bits per heavy atom. The molecule has 0 aromatic heterocycles. The highest BCUT2D eigenvalue weighted by molar-refractivity contribution is 5.85. The van der Waals surface area contributed by atoms with Gasteiger partial charge in [-0.25, -0.2) is 0 Å². The van der Waals surface area contributed by atoms with Crippen molar-refractivity contribution in [1.29, 1.82) is 0 Å². The molecule has 1 aliphatic heterocycles. The SMILES string of the molecule is CNC(C)(C)C(=O)N1CCN(c2ccc(OC)cc2)CC1. The maximum absolute atomic E-state index is 12.4. The number of hydrogen-bond donors (Lipinski definition) is 1. The fraction of sp³-hybridized carbons (Fsp3) is 0.562. The van der Waals surface area contributed by atoms with Gasteiger partial charge in [-0.05, 0) is 45.2 Å². The molecule has 21 heavy (non-hydrogen) atoms. The van der Waals surface area contributed by atoms with E-state index in [0.29, 0.717) is 0 Å². The van der Waals surface area contributed by atoms with E-state index in [1.807, 2.05) is 37.9 Å². The molecule has 5 heteroatoms. The van der Waals surface area contributed by atoms with E-state index in [2.05, 4.69) is 22.3 Å². The molecule has 0 aliphatic carbocycles. The molecule has 1 aromatic rings. The normalized spacial score (nSPS) is 16.0. The molecule has 0 saturated carbocycles. The third-order valence-electron chi connectivity index (χ3n) is 4.16. The predicted molar refractivity (Wildman–Crippen MR) is 84.9 cm³/mol. The molecule has 0 bridgehead atoms. The minimum absolute atomic E-state index is 0.166. The number of rotatable bonds is 4. The standard InChI is InChI=1S/C16H25N3O2/c1-16(2,17-3)15(20)19-11-9-18(10-12-19)13-5-7-14(21-4)8-6-13/h5-8,17H,9-12H2,1-4H3. The van der Waals surface area contributed by atoms with Crippen molar-refractivity contribution in [2.24, 2.45) is 0 Å². The van der Waals surface area contributed by atoms with E-state index in [4.69, 9.17) is 4.74 Å². The lowest BCUT2D eigenvalue weighted by Gasteiger charge is -2.39. The average molecular weight is 291 g/mol. The van der Waals surface area contributed by atoms with E-state index in [1.54, 1.807) is 7.11 Å². The van der Waals surface area contributed by atoms with Crippen LogP contribution >= 0.6 is 0 Å². The van der Waals surface area contributed by atoms with E-state index in [9.17, 15) is 4.79 Å². The number of ether oxygens (including phenoxy) is 1. The minimum atomic E-state index is -0.498. The van der Waals surface area contributed by atoms with Gasteiger partial charge in [0.1, 0.15) is 5.75 Å². The van der Waals surface area contributed by atoms with Crippen molar-refractivity contribution in [1.82, 2.24) is 10.2 Å². The van der Waals surface area contributed by atoms with Crippen LogP contribution in [0.4, 0.5) is 5.69 Å². The Balaban J connectivity index is 1.95. The smallest absolute Gasteiger partial charge is 0.242 e. The van der Waals surface area contributed by atoms with E-state index in [0.717, 1.165) is 31.9 Å². The first-order valence-electron chi connectivity index (χ1n) is 7.35. The minimum Gasteiger partial charge on any atom is -0.497 e. The zero-order valence-corrected chi connectivity index (χ0v) is 13.3. The van der Waals surface area contributed by atoms with Gasteiger partial charge in [-0.2, -0.15) is 0 Å². The molecule has 0 atom stereocenters. The van der Waals surface area contributed by atoms with Gasteiger partial charge in [0.2, 0.25) is 5.91 Å². The first-order chi connectivity index (χ1) is 9.97.